The molecule has 4 rings (SSSR count). The van der Waals surface area contributed by atoms with Gasteiger partial charge in [0.2, 0.25) is 0 Å². The molecule has 0 radical (unpaired) electrons. The van der Waals surface area contributed by atoms with E-state index in [1.54, 1.807) is 20.8 Å². The van der Waals surface area contributed by atoms with Gasteiger partial charge in [-0.2, -0.15) is 4.90 Å². The second-order valence-corrected chi connectivity index (χ2v) is 9.27. The first kappa shape index (κ1) is 24.0. The number of carboxylic acid groups (broad SMARTS) is 1. The van der Waals surface area contributed by atoms with Crippen molar-refractivity contribution in [2.24, 2.45) is 0 Å². The Morgan fingerprint density at radius 3 is 2.14 bits per heavy atom. The Labute approximate surface area is 202 Å². The highest BCUT2D eigenvalue weighted by Crippen LogP contribution is 2.44. The summed E-state index contributed by atoms with van der Waals surface area (Å²) in [6.07, 6.45) is 0.490. The minimum Gasteiger partial charge on any atom is -0.480 e. The Balaban J connectivity index is 1.60. The van der Waals surface area contributed by atoms with Crippen LogP contribution in [0.4, 0.5) is 9.59 Å². The highest BCUT2D eigenvalue weighted by molar-refractivity contribution is 5.93. The molecule has 2 N–H and O–H groups in total. The number of aromatic nitrogens is 2. The van der Waals surface area contributed by atoms with Gasteiger partial charge < -0.3 is 19.6 Å². The predicted octanol–water partition coefficient (Wildman–Crippen LogP) is 4.59. The molecule has 0 saturated heterocycles. The van der Waals surface area contributed by atoms with Crippen molar-refractivity contribution < 1.29 is 29.0 Å². The van der Waals surface area contributed by atoms with Gasteiger partial charge in [0, 0.05) is 18.5 Å². The smallest absolute Gasteiger partial charge is 0.420 e. The minimum absolute atomic E-state index is 0.0685. The van der Waals surface area contributed by atoms with Crippen molar-refractivity contribution in [3.63, 3.8) is 0 Å². The van der Waals surface area contributed by atoms with E-state index in [2.05, 4.69) is 9.97 Å². The number of nitrogens with one attached hydrogen (secondary N) is 1. The molecule has 0 saturated carbocycles. The van der Waals surface area contributed by atoms with Crippen molar-refractivity contribution in [2.45, 2.75) is 44.8 Å². The third kappa shape index (κ3) is 5.18. The maximum atomic E-state index is 13.2. The molecule has 0 spiro atoms. The van der Waals surface area contributed by atoms with Crippen LogP contribution in [0.1, 0.15) is 43.5 Å². The van der Waals surface area contributed by atoms with E-state index in [9.17, 15) is 19.5 Å². The number of H-pyrrole nitrogens is 1. The van der Waals surface area contributed by atoms with Gasteiger partial charge in [-0.15, -0.1) is 0 Å². The fourth-order valence-electron chi connectivity index (χ4n) is 4.19. The van der Waals surface area contributed by atoms with Crippen LogP contribution in [0.25, 0.3) is 11.1 Å². The molecule has 9 heteroatoms. The molecular formula is C26H27N3O6. The van der Waals surface area contributed by atoms with Crippen LogP contribution in [-0.2, 0) is 20.7 Å². The fraction of sp³-hybridized carbons (Fsp3) is 0.308. The number of nitrogens with zero attached hydrogens (tertiary/aromatic N) is 2. The number of aromatic amines is 1. The third-order valence-electron chi connectivity index (χ3n) is 5.68. The van der Waals surface area contributed by atoms with Crippen molar-refractivity contribution in [3.8, 4) is 11.1 Å². The summed E-state index contributed by atoms with van der Waals surface area (Å²) in [5.41, 5.74) is 3.52. The molecule has 1 aliphatic carbocycles. The lowest BCUT2D eigenvalue weighted by Crippen LogP contribution is -2.51. The van der Waals surface area contributed by atoms with Gasteiger partial charge in [-0.05, 0) is 43.0 Å². The van der Waals surface area contributed by atoms with Crippen LogP contribution in [-0.4, -0.2) is 56.4 Å². The number of amides is 2. The van der Waals surface area contributed by atoms with Crippen LogP contribution in [0.15, 0.2) is 61.1 Å². The molecular weight excluding hydrogens is 450 g/mol. The SMILES string of the molecule is CC(C)(C)OC(=O)N(C(=O)OCC1c2ccccc2-c2ccccc21)C(Cc1c[nH]cn1)C(=O)O. The Morgan fingerprint density at radius 1 is 1.03 bits per heavy atom. The number of carboxylic acids is 1. The second-order valence-electron chi connectivity index (χ2n) is 9.27. The number of carbonyl (C=O) groups excluding carboxylic acids is 2. The summed E-state index contributed by atoms with van der Waals surface area (Å²) in [5.74, 6) is -1.63. The molecule has 1 heterocycles. The molecule has 1 unspecified atom stereocenters. The Morgan fingerprint density at radius 2 is 1.63 bits per heavy atom. The normalized spacial score (nSPS) is 13.5. The van der Waals surface area contributed by atoms with Crippen molar-refractivity contribution in [3.05, 3.63) is 77.9 Å². The summed E-state index contributed by atoms with van der Waals surface area (Å²) >= 11 is 0. The molecule has 0 bridgehead atoms. The maximum Gasteiger partial charge on any atom is 0.420 e. The molecule has 2 aromatic carbocycles. The molecule has 9 nitrogen and oxygen atoms in total. The van der Waals surface area contributed by atoms with Crippen LogP contribution in [0.5, 0.6) is 0 Å². The quantitative estimate of drug-likeness (QED) is 0.532. The number of carbonyl (C=O) groups is 3. The van der Waals surface area contributed by atoms with Gasteiger partial charge in [-0.1, -0.05) is 48.5 Å². The predicted molar refractivity (Wildman–Crippen MR) is 127 cm³/mol. The van der Waals surface area contributed by atoms with E-state index in [0.29, 0.717) is 10.6 Å². The largest absolute Gasteiger partial charge is 0.480 e. The molecule has 0 fully saturated rings. The number of rotatable bonds is 6. The summed E-state index contributed by atoms with van der Waals surface area (Å²) in [7, 11) is 0. The standard InChI is InChI=1S/C26H27N3O6/c1-26(2,3)35-25(33)29(22(23(30)31)12-16-13-27-15-28-16)24(32)34-14-21-19-10-6-4-8-17(19)18-9-5-7-11-20(18)21/h4-11,13,15,21-22H,12,14H2,1-3H3,(H,27,28)(H,30,31). The number of fused-ring (bicyclic) bond motifs is 3. The van der Waals surface area contributed by atoms with Crippen LogP contribution in [0.2, 0.25) is 0 Å². The topological polar surface area (TPSA) is 122 Å². The Kier molecular flexibility index (Phi) is 6.59. The van der Waals surface area contributed by atoms with Gasteiger partial charge >= 0.3 is 18.2 Å². The summed E-state index contributed by atoms with van der Waals surface area (Å²) < 4.78 is 10.9. The van der Waals surface area contributed by atoms with E-state index in [1.807, 2.05) is 48.5 Å². The summed E-state index contributed by atoms with van der Waals surface area (Å²) in [5, 5.41) is 9.88. The second kappa shape index (κ2) is 9.61. The Hall–Kier alpha value is -4.14. The first-order valence-corrected chi connectivity index (χ1v) is 11.2. The zero-order valence-corrected chi connectivity index (χ0v) is 19.7. The van der Waals surface area contributed by atoms with Crippen molar-refractivity contribution >= 4 is 18.2 Å². The summed E-state index contributed by atoms with van der Waals surface area (Å²) in [6.45, 7) is 4.82. The van der Waals surface area contributed by atoms with E-state index in [1.165, 1.54) is 12.5 Å². The monoisotopic (exact) mass is 477 g/mol. The molecule has 1 aliphatic rings. The molecule has 35 heavy (non-hydrogen) atoms. The van der Waals surface area contributed by atoms with E-state index in [-0.39, 0.29) is 18.9 Å². The summed E-state index contributed by atoms with van der Waals surface area (Å²) in [4.78, 5) is 45.6. The lowest BCUT2D eigenvalue weighted by atomic mass is 9.98. The molecule has 3 aromatic rings. The summed E-state index contributed by atoms with van der Waals surface area (Å²) in [6, 6.07) is 14.1. The van der Waals surface area contributed by atoms with Crippen molar-refractivity contribution in [1.29, 1.82) is 0 Å². The van der Waals surface area contributed by atoms with Crippen LogP contribution in [0.3, 0.4) is 0 Å². The first-order valence-electron chi connectivity index (χ1n) is 11.2. The highest BCUT2D eigenvalue weighted by Gasteiger charge is 2.40. The molecule has 0 aliphatic heterocycles. The zero-order valence-electron chi connectivity index (χ0n) is 19.7. The lowest BCUT2D eigenvalue weighted by molar-refractivity contribution is -0.142. The van der Waals surface area contributed by atoms with E-state index in [0.717, 1.165) is 22.3 Å². The van der Waals surface area contributed by atoms with E-state index >= 15 is 0 Å². The number of hydrogen-bond donors (Lipinski definition) is 2. The molecule has 1 aromatic heterocycles. The van der Waals surface area contributed by atoms with Gasteiger partial charge in [0.15, 0.2) is 0 Å². The van der Waals surface area contributed by atoms with Crippen LogP contribution >= 0.6 is 0 Å². The van der Waals surface area contributed by atoms with Crippen molar-refractivity contribution in [1.82, 2.24) is 14.9 Å². The Bertz CT molecular complexity index is 1190. The van der Waals surface area contributed by atoms with E-state index in [4.69, 9.17) is 9.47 Å². The zero-order chi connectivity index (χ0) is 25.2. The number of ether oxygens (including phenoxy) is 2. The van der Waals surface area contributed by atoms with Gasteiger partial charge in [-0.3, -0.25) is 0 Å². The number of hydrogen-bond acceptors (Lipinski definition) is 6. The fourth-order valence-corrected chi connectivity index (χ4v) is 4.19. The van der Waals surface area contributed by atoms with Gasteiger partial charge in [0.25, 0.3) is 0 Å². The lowest BCUT2D eigenvalue weighted by Gasteiger charge is -2.29. The highest BCUT2D eigenvalue weighted by atomic mass is 16.6. The number of benzene rings is 2. The van der Waals surface area contributed by atoms with Gasteiger partial charge in [-0.25, -0.2) is 19.4 Å². The molecule has 1 atom stereocenters. The van der Waals surface area contributed by atoms with Gasteiger partial charge in [0.1, 0.15) is 18.2 Å². The van der Waals surface area contributed by atoms with Crippen molar-refractivity contribution in [2.75, 3.05) is 6.61 Å². The van der Waals surface area contributed by atoms with Crippen LogP contribution < -0.4 is 0 Å². The first-order chi connectivity index (χ1) is 16.7. The molecule has 182 valence electrons. The minimum atomic E-state index is -1.57. The average Bonchev–Trinajstić information content (AvgIpc) is 3.42. The van der Waals surface area contributed by atoms with E-state index < -0.39 is 29.8 Å². The maximum absolute atomic E-state index is 13.2. The van der Waals surface area contributed by atoms with Gasteiger partial charge in [0.05, 0.1) is 12.0 Å². The number of imide groups is 1. The number of aliphatic carboxylic acids is 1. The molecule has 2 amide bonds. The average molecular weight is 478 g/mol. The third-order valence-corrected chi connectivity index (χ3v) is 5.68. The number of imidazole rings is 1. The van der Waals surface area contributed by atoms with Crippen LogP contribution in [0, 0.1) is 0 Å².